The standard InChI is InChI=1S/C16H16ClNO2S.ClH/c1-16(15(19)20,12-4-2-3-5-13(12)17)18-8-6-14-11(10-18)7-9-21-14;/h2-5,7,9H,6,8,10H2,1H3,(H,19,20);1H. The number of benzene rings is 1. The molecule has 0 spiro atoms. The van der Waals surface area contributed by atoms with Gasteiger partial charge in [-0.25, -0.2) is 4.79 Å². The molecule has 3 nitrogen and oxygen atoms in total. The maximum Gasteiger partial charge on any atom is 0.328 e. The Bertz CT molecular complexity index is 688. The molecule has 0 aliphatic carbocycles. The summed E-state index contributed by atoms with van der Waals surface area (Å²) < 4.78 is 0. The topological polar surface area (TPSA) is 40.5 Å². The number of nitrogens with zero attached hydrogens (tertiary/aromatic N) is 1. The average molecular weight is 358 g/mol. The summed E-state index contributed by atoms with van der Waals surface area (Å²) in [7, 11) is 0. The van der Waals surface area contributed by atoms with Gasteiger partial charge in [0.1, 0.15) is 5.54 Å². The van der Waals surface area contributed by atoms with Crippen molar-refractivity contribution in [3.63, 3.8) is 0 Å². The van der Waals surface area contributed by atoms with E-state index < -0.39 is 11.5 Å². The maximum absolute atomic E-state index is 12.0. The van der Waals surface area contributed by atoms with Crippen molar-refractivity contribution in [1.29, 1.82) is 0 Å². The maximum atomic E-state index is 12.0. The minimum absolute atomic E-state index is 0. The monoisotopic (exact) mass is 357 g/mol. The normalized spacial score (nSPS) is 17.2. The molecule has 118 valence electrons. The fourth-order valence-electron chi connectivity index (χ4n) is 2.91. The molecule has 0 bridgehead atoms. The van der Waals surface area contributed by atoms with Gasteiger partial charge in [0.15, 0.2) is 0 Å². The van der Waals surface area contributed by atoms with E-state index in [-0.39, 0.29) is 12.4 Å². The van der Waals surface area contributed by atoms with Gasteiger partial charge in [-0.1, -0.05) is 29.8 Å². The molecule has 22 heavy (non-hydrogen) atoms. The lowest BCUT2D eigenvalue weighted by molar-refractivity contribution is -0.152. The zero-order valence-corrected chi connectivity index (χ0v) is 14.5. The molecule has 0 radical (unpaired) electrons. The van der Waals surface area contributed by atoms with Gasteiger partial charge in [0, 0.05) is 28.6 Å². The van der Waals surface area contributed by atoms with E-state index >= 15 is 0 Å². The molecule has 3 rings (SSSR count). The van der Waals surface area contributed by atoms with Crippen molar-refractivity contribution >= 4 is 41.3 Å². The van der Waals surface area contributed by atoms with E-state index in [1.54, 1.807) is 30.4 Å². The van der Waals surface area contributed by atoms with Crippen molar-refractivity contribution in [2.75, 3.05) is 6.54 Å². The first kappa shape index (κ1) is 17.3. The summed E-state index contributed by atoms with van der Waals surface area (Å²) in [5, 5.41) is 12.4. The van der Waals surface area contributed by atoms with Crippen LogP contribution in [0.25, 0.3) is 0 Å². The Labute approximate surface area is 144 Å². The Balaban J connectivity index is 0.00000176. The number of aliphatic carboxylic acids is 1. The molecule has 6 heteroatoms. The average Bonchev–Trinajstić information content (AvgIpc) is 2.94. The molecule has 1 aliphatic heterocycles. The van der Waals surface area contributed by atoms with E-state index in [4.69, 9.17) is 11.6 Å². The van der Waals surface area contributed by atoms with Crippen LogP contribution in [-0.4, -0.2) is 22.5 Å². The van der Waals surface area contributed by atoms with Gasteiger partial charge in [0.05, 0.1) is 0 Å². The van der Waals surface area contributed by atoms with Gasteiger partial charge in [0.2, 0.25) is 0 Å². The first-order valence-corrected chi connectivity index (χ1v) is 8.08. The highest BCUT2D eigenvalue weighted by Gasteiger charge is 2.43. The van der Waals surface area contributed by atoms with E-state index in [9.17, 15) is 9.90 Å². The highest BCUT2D eigenvalue weighted by Crippen LogP contribution is 2.37. The van der Waals surface area contributed by atoms with Crippen LogP contribution in [0.4, 0.5) is 0 Å². The van der Waals surface area contributed by atoms with Crippen LogP contribution in [-0.2, 0) is 23.3 Å². The number of fused-ring (bicyclic) bond motifs is 1. The summed E-state index contributed by atoms with van der Waals surface area (Å²) in [5.41, 5.74) is 0.765. The third kappa shape index (κ3) is 2.76. The third-order valence-corrected chi connectivity index (χ3v) is 5.61. The van der Waals surface area contributed by atoms with E-state index in [1.807, 2.05) is 17.0 Å². The molecule has 2 aromatic rings. The van der Waals surface area contributed by atoms with E-state index in [0.717, 1.165) is 13.0 Å². The van der Waals surface area contributed by atoms with E-state index in [0.29, 0.717) is 17.1 Å². The second kappa shape index (κ2) is 6.59. The summed E-state index contributed by atoms with van der Waals surface area (Å²) in [6.45, 7) is 3.11. The summed E-state index contributed by atoms with van der Waals surface area (Å²) in [5.74, 6) is -0.866. The lowest BCUT2D eigenvalue weighted by Gasteiger charge is -2.40. The number of thiophene rings is 1. The first-order valence-electron chi connectivity index (χ1n) is 6.82. The van der Waals surface area contributed by atoms with Crippen LogP contribution < -0.4 is 0 Å². The fraction of sp³-hybridized carbons (Fsp3) is 0.312. The summed E-state index contributed by atoms with van der Waals surface area (Å²) >= 11 is 8.01. The number of carboxylic acids is 1. The van der Waals surface area contributed by atoms with Crippen LogP contribution in [0.1, 0.15) is 22.9 Å². The molecule has 1 N–H and O–H groups in total. The Kier molecular flexibility index (Phi) is 5.17. The Morgan fingerprint density at radius 3 is 2.77 bits per heavy atom. The third-order valence-electron chi connectivity index (χ3n) is 4.25. The second-order valence-electron chi connectivity index (χ2n) is 5.40. The highest BCUT2D eigenvalue weighted by atomic mass is 35.5. The number of hydrogen-bond donors (Lipinski definition) is 1. The summed E-state index contributed by atoms with van der Waals surface area (Å²) in [6, 6.07) is 9.29. The van der Waals surface area contributed by atoms with Crippen molar-refractivity contribution in [2.45, 2.75) is 25.4 Å². The molecule has 0 saturated heterocycles. The van der Waals surface area contributed by atoms with Gasteiger partial charge >= 0.3 is 5.97 Å². The van der Waals surface area contributed by atoms with Crippen molar-refractivity contribution in [1.82, 2.24) is 4.90 Å². The predicted octanol–water partition coefficient (Wildman–Crippen LogP) is 4.18. The Morgan fingerprint density at radius 2 is 2.09 bits per heavy atom. The van der Waals surface area contributed by atoms with Crippen LogP contribution in [0.5, 0.6) is 0 Å². The van der Waals surface area contributed by atoms with Crippen molar-refractivity contribution in [2.24, 2.45) is 0 Å². The quantitative estimate of drug-likeness (QED) is 0.895. The minimum Gasteiger partial charge on any atom is -0.480 e. The molecule has 1 aliphatic rings. The largest absolute Gasteiger partial charge is 0.480 e. The highest BCUT2D eigenvalue weighted by molar-refractivity contribution is 7.10. The number of carbonyl (C=O) groups is 1. The number of rotatable bonds is 3. The smallest absolute Gasteiger partial charge is 0.328 e. The zero-order chi connectivity index (χ0) is 15.0. The summed E-state index contributed by atoms with van der Waals surface area (Å²) in [6.07, 6.45) is 0.889. The first-order chi connectivity index (χ1) is 10.0. The summed E-state index contributed by atoms with van der Waals surface area (Å²) in [4.78, 5) is 15.4. The van der Waals surface area contributed by atoms with Gasteiger partial charge in [-0.2, -0.15) is 0 Å². The number of carboxylic acid groups (broad SMARTS) is 1. The van der Waals surface area contributed by atoms with E-state index in [1.165, 1.54) is 10.4 Å². The van der Waals surface area contributed by atoms with Gasteiger partial charge in [0.25, 0.3) is 0 Å². The van der Waals surface area contributed by atoms with Crippen LogP contribution in [0.15, 0.2) is 35.7 Å². The Morgan fingerprint density at radius 1 is 1.36 bits per heavy atom. The molecule has 1 unspecified atom stereocenters. The predicted molar refractivity (Wildman–Crippen MR) is 92.1 cm³/mol. The van der Waals surface area contributed by atoms with Crippen LogP contribution in [0, 0.1) is 0 Å². The van der Waals surface area contributed by atoms with Crippen LogP contribution >= 0.6 is 35.3 Å². The van der Waals surface area contributed by atoms with Gasteiger partial charge in [-0.3, -0.25) is 4.90 Å². The number of hydrogen-bond acceptors (Lipinski definition) is 3. The molecular formula is C16H17Cl2NO2S. The van der Waals surface area contributed by atoms with Gasteiger partial charge in [-0.05, 0) is 36.4 Å². The molecule has 1 atom stereocenters. The lowest BCUT2D eigenvalue weighted by Crippen LogP contribution is -2.51. The van der Waals surface area contributed by atoms with Gasteiger partial charge < -0.3 is 5.11 Å². The fourth-order valence-corrected chi connectivity index (χ4v) is 4.12. The lowest BCUT2D eigenvalue weighted by atomic mass is 9.88. The molecule has 2 heterocycles. The molecule has 0 saturated carbocycles. The van der Waals surface area contributed by atoms with Crippen LogP contribution in [0.2, 0.25) is 5.02 Å². The van der Waals surface area contributed by atoms with E-state index in [2.05, 4.69) is 11.4 Å². The molecule has 1 aromatic carbocycles. The van der Waals surface area contributed by atoms with Gasteiger partial charge in [-0.15, -0.1) is 23.7 Å². The van der Waals surface area contributed by atoms with Crippen molar-refractivity contribution < 1.29 is 9.90 Å². The van der Waals surface area contributed by atoms with Crippen molar-refractivity contribution in [3.05, 3.63) is 56.7 Å². The van der Waals surface area contributed by atoms with Crippen LogP contribution in [0.3, 0.4) is 0 Å². The molecule has 0 fully saturated rings. The number of halogens is 2. The zero-order valence-electron chi connectivity index (χ0n) is 12.1. The second-order valence-corrected chi connectivity index (χ2v) is 6.81. The minimum atomic E-state index is -1.11. The molecular weight excluding hydrogens is 341 g/mol. The van der Waals surface area contributed by atoms with Crippen molar-refractivity contribution in [3.8, 4) is 0 Å². The Hall–Kier alpha value is -1.07. The SMILES string of the molecule is CC(C(=O)O)(c1ccccc1Cl)N1CCc2sccc2C1.Cl. The molecule has 0 amide bonds. The molecule has 1 aromatic heterocycles.